The molecule has 2 N–H and O–H groups in total. The summed E-state index contributed by atoms with van der Waals surface area (Å²) in [4.78, 5) is 10.6. The highest BCUT2D eigenvalue weighted by Crippen LogP contribution is 2.15. The van der Waals surface area contributed by atoms with Crippen LogP contribution in [-0.4, -0.2) is 11.3 Å². The molecule has 0 aromatic rings. The Hall–Kier alpha value is -0.0800. The van der Waals surface area contributed by atoms with E-state index in [2.05, 4.69) is 6.92 Å². The molecule has 1 rings (SSSR count). The molecule has 1 saturated carbocycles. The van der Waals surface area contributed by atoms with Crippen LogP contribution in [0.25, 0.3) is 0 Å². The van der Waals surface area contributed by atoms with Crippen LogP contribution in [0.3, 0.4) is 0 Å². The van der Waals surface area contributed by atoms with Crippen molar-refractivity contribution >= 4 is 16.8 Å². The van der Waals surface area contributed by atoms with Crippen molar-refractivity contribution < 1.29 is 4.79 Å². The van der Waals surface area contributed by atoms with Crippen LogP contribution in [0, 0.1) is 5.92 Å². The maximum Gasteiger partial charge on any atom is 0.224 e. The van der Waals surface area contributed by atoms with Gasteiger partial charge < -0.3 is 5.73 Å². The summed E-state index contributed by atoms with van der Waals surface area (Å²) in [5.41, 5.74) is 5.22. The van der Waals surface area contributed by atoms with E-state index < -0.39 is 0 Å². The Morgan fingerprint density at radius 3 is 2.21 bits per heavy atom. The Kier molecular flexibility index (Phi) is 8.20. The highest BCUT2D eigenvalue weighted by molar-refractivity contribution is 6.63. The fraction of sp³-hybridized carbons (Fsp3) is 0.909. The van der Waals surface area contributed by atoms with Crippen LogP contribution in [-0.2, 0) is 4.79 Å². The van der Waals surface area contributed by atoms with Gasteiger partial charge in [-0.1, -0.05) is 26.7 Å². The van der Waals surface area contributed by atoms with Crippen molar-refractivity contribution in [3.63, 3.8) is 0 Å². The molecule has 0 bridgehead atoms. The van der Waals surface area contributed by atoms with Gasteiger partial charge in [-0.2, -0.15) is 0 Å². The normalized spacial score (nSPS) is 16.9. The van der Waals surface area contributed by atoms with Crippen LogP contribution in [0.5, 0.6) is 0 Å². The zero-order valence-corrected chi connectivity index (χ0v) is 10.0. The van der Waals surface area contributed by atoms with E-state index in [1.807, 2.05) is 6.92 Å². The smallest absolute Gasteiger partial charge is 0.224 e. The number of hydrogen-bond acceptors (Lipinski definition) is 2. The number of hydrogen-bond donors (Lipinski definition) is 1. The topological polar surface area (TPSA) is 43.1 Å². The molecule has 1 atom stereocenters. The lowest BCUT2D eigenvalue weighted by molar-refractivity contribution is -0.115. The zero-order chi connectivity index (χ0) is 11.0. The summed E-state index contributed by atoms with van der Waals surface area (Å²) in [5.74, 6) is 0.0987. The number of carbonyl (C=O) groups excluding carboxylic acids is 1. The fourth-order valence-electron chi connectivity index (χ4n) is 1.02. The van der Waals surface area contributed by atoms with Crippen molar-refractivity contribution in [2.45, 2.75) is 58.4 Å². The number of nitrogens with two attached hydrogens (primary N) is 1. The molecule has 2 nitrogen and oxygen atoms in total. The van der Waals surface area contributed by atoms with E-state index in [1.54, 1.807) is 0 Å². The van der Waals surface area contributed by atoms with Gasteiger partial charge in [-0.05, 0) is 37.3 Å². The minimum Gasteiger partial charge on any atom is -0.328 e. The molecule has 1 unspecified atom stereocenters. The lowest BCUT2D eigenvalue weighted by atomic mass is 10.0. The van der Waals surface area contributed by atoms with E-state index in [4.69, 9.17) is 17.3 Å². The largest absolute Gasteiger partial charge is 0.328 e. The molecule has 0 saturated heterocycles. The van der Waals surface area contributed by atoms with Gasteiger partial charge in [-0.15, -0.1) is 0 Å². The van der Waals surface area contributed by atoms with Crippen molar-refractivity contribution in [1.82, 2.24) is 0 Å². The molecular formula is C11H22ClNO. The Balaban J connectivity index is 0.000000344. The first-order valence-corrected chi connectivity index (χ1v) is 5.94. The van der Waals surface area contributed by atoms with E-state index in [1.165, 1.54) is 12.8 Å². The van der Waals surface area contributed by atoms with E-state index in [0.717, 1.165) is 25.7 Å². The van der Waals surface area contributed by atoms with E-state index in [-0.39, 0.29) is 11.2 Å². The highest BCUT2D eigenvalue weighted by atomic mass is 35.5. The SMILES string of the molecule is CCCCC(CC)C(=O)Cl.NC1CC1. The van der Waals surface area contributed by atoms with Gasteiger partial charge in [0.1, 0.15) is 0 Å². The Bertz CT molecular complexity index is 157. The van der Waals surface area contributed by atoms with Crippen molar-refractivity contribution in [2.75, 3.05) is 0 Å². The monoisotopic (exact) mass is 219 g/mol. The van der Waals surface area contributed by atoms with Gasteiger partial charge in [0.25, 0.3) is 0 Å². The standard InChI is InChI=1S/C8H15ClO.C3H7N/c1-3-5-6-7(4-2)8(9)10;4-3-1-2-3/h7H,3-6H2,1-2H3;3H,1-2,4H2. The molecule has 0 heterocycles. The number of unbranched alkanes of at least 4 members (excludes halogenated alkanes) is 1. The minimum absolute atomic E-state index is 0.0987. The third kappa shape index (κ3) is 8.52. The predicted molar refractivity (Wildman–Crippen MR) is 61.4 cm³/mol. The molecule has 0 aromatic carbocycles. The average Bonchev–Trinajstić information content (AvgIpc) is 2.90. The highest BCUT2D eigenvalue weighted by Gasteiger charge is 2.13. The molecular weight excluding hydrogens is 198 g/mol. The summed E-state index contributed by atoms with van der Waals surface area (Å²) in [6.45, 7) is 4.12. The van der Waals surface area contributed by atoms with Crippen LogP contribution in [0.15, 0.2) is 0 Å². The van der Waals surface area contributed by atoms with E-state index >= 15 is 0 Å². The average molecular weight is 220 g/mol. The first-order valence-electron chi connectivity index (χ1n) is 5.56. The predicted octanol–water partition coefficient (Wildman–Crippen LogP) is 3.08. The maximum atomic E-state index is 10.6. The lowest BCUT2D eigenvalue weighted by Gasteiger charge is -2.06. The molecule has 0 aromatic heterocycles. The van der Waals surface area contributed by atoms with Crippen molar-refractivity contribution in [3.05, 3.63) is 0 Å². The van der Waals surface area contributed by atoms with Crippen LogP contribution < -0.4 is 5.73 Å². The quantitative estimate of drug-likeness (QED) is 0.723. The van der Waals surface area contributed by atoms with E-state index in [9.17, 15) is 4.79 Å². The Labute approximate surface area is 92.2 Å². The second-order valence-electron chi connectivity index (χ2n) is 3.89. The third-order valence-electron chi connectivity index (χ3n) is 2.34. The van der Waals surface area contributed by atoms with Gasteiger partial charge in [0.2, 0.25) is 5.24 Å². The van der Waals surface area contributed by atoms with Crippen molar-refractivity contribution in [2.24, 2.45) is 11.7 Å². The van der Waals surface area contributed by atoms with Gasteiger partial charge in [-0.25, -0.2) is 0 Å². The summed E-state index contributed by atoms with van der Waals surface area (Å²) >= 11 is 5.34. The summed E-state index contributed by atoms with van der Waals surface area (Å²) in [7, 11) is 0. The molecule has 1 aliphatic rings. The number of carbonyl (C=O) groups is 1. The Morgan fingerprint density at radius 2 is 2.00 bits per heavy atom. The van der Waals surface area contributed by atoms with Gasteiger partial charge in [-0.3, -0.25) is 4.79 Å². The molecule has 1 fully saturated rings. The van der Waals surface area contributed by atoms with Crippen LogP contribution in [0.2, 0.25) is 0 Å². The molecule has 3 heteroatoms. The molecule has 84 valence electrons. The molecule has 0 aliphatic heterocycles. The van der Waals surface area contributed by atoms with Gasteiger partial charge in [0.05, 0.1) is 0 Å². The van der Waals surface area contributed by atoms with Gasteiger partial charge >= 0.3 is 0 Å². The lowest BCUT2D eigenvalue weighted by Crippen LogP contribution is -2.06. The zero-order valence-electron chi connectivity index (χ0n) is 9.26. The van der Waals surface area contributed by atoms with Crippen molar-refractivity contribution in [3.8, 4) is 0 Å². The third-order valence-corrected chi connectivity index (χ3v) is 2.65. The summed E-state index contributed by atoms with van der Waals surface area (Å²) < 4.78 is 0. The molecule has 0 radical (unpaired) electrons. The molecule has 14 heavy (non-hydrogen) atoms. The summed E-state index contributed by atoms with van der Waals surface area (Å²) in [6.07, 6.45) is 6.61. The fourth-order valence-corrected chi connectivity index (χ4v) is 1.29. The van der Waals surface area contributed by atoms with Crippen LogP contribution >= 0.6 is 11.6 Å². The second kappa shape index (κ2) is 8.25. The molecule has 1 aliphatic carbocycles. The van der Waals surface area contributed by atoms with Gasteiger partial charge in [0.15, 0.2) is 0 Å². The van der Waals surface area contributed by atoms with Crippen LogP contribution in [0.1, 0.15) is 52.4 Å². The number of halogens is 1. The minimum atomic E-state index is -0.170. The second-order valence-corrected chi connectivity index (χ2v) is 4.26. The number of rotatable bonds is 5. The van der Waals surface area contributed by atoms with Gasteiger partial charge in [0, 0.05) is 12.0 Å². The molecule has 0 amide bonds. The maximum absolute atomic E-state index is 10.6. The summed E-state index contributed by atoms with van der Waals surface area (Å²) in [6, 6.07) is 0.583. The summed E-state index contributed by atoms with van der Waals surface area (Å²) in [5, 5.41) is -0.170. The van der Waals surface area contributed by atoms with E-state index in [0.29, 0.717) is 6.04 Å². The van der Waals surface area contributed by atoms with Crippen LogP contribution in [0.4, 0.5) is 0 Å². The Morgan fingerprint density at radius 1 is 1.50 bits per heavy atom. The first-order chi connectivity index (χ1) is 6.61. The molecule has 0 spiro atoms. The van der Waals surface area contributed by atoms with Crippen molar-refractivity contribution in [1.29, 1.82) is 0 Å². The first kappa shape index (κ1) is 13.9.